The molecule has 1 fully saturated rings. The molecule has 2 N–H and O–H groups in total. The molecule has 0 spiro atoms. The number of hydrogen-bond acceptors (Lipinski definition) is 5. The number of aliphatic carboxylic acids is 1. The van der Waals surface area contributed by atoms with E-state index < -0.39 is 45.2 Å². The first kappa shape index (κ1) is 14.2. The third-order valence-electron chi connectivity index (χ3n) is 3.05. The summed E-state index contributed by atoms with van der Waals surface area (Å²) in [6.07, 6.45) is -0.558. The molecule has 0 aromatic heterocycles. The van der Waals surface area contributed by atoms with Gasteiger partial charge in [0.1, 0.15) is 11.2 Å². The van der Waals surface area contributed by atoms with Gasteiger partial charge in [0.15, 0.2) is 9.84 Å². The number of carbonyl (C=O) groups excluding carboxylic acids is 2. The van der Waals surface area contributed by atoms with Crippen LogP contribution in [0, 0.1) is 5.92 Å². The van der Waals surface area contributed by atoms with Gasteiger partial charge in [-0.2, -0.15) is 0 Å². The third kappa shape index (κ3) is 2.42. The van der Waals surface area contributed by atoms with Gasteiger partial charge >= 0.3 is 5.97 Å². The van der Waals surface area contributed by atoms with E-state index >= 15 is 0 Å². The quantitative estimate of drug-likeness (QED) is 0.577. The number of piperidine rings is 1. The SMILES string of the molecule is O=C(O)C1CC(S(=O)(=O)c2ccccc2)C(=O)NC1=O. The standard InChI is InChI=1S/C12H11NO6S/c14-10-8(12(16)17)6-9(11(15)13-10)20(18,19)7-4-2-1-3-5-7/h1-5,8-9H,6H2,(H,16,17)(H,13,14,15). The van der Waals surface area contributed by atoms with Gasteiger partial charge in [-0.25, -0.2) is 8.42 Å². The van der Waals surface area contributed by atoms with Crippen LogP contribution in [0.3, 0.4) is 0 Å². The van der Waals surface area contributed by atoms with Crippen LogP contribution >= 0.6 is 0 Å². The summed E-state index contributed by atoms with van der Waals surface area (Å²) in [6.45, 7) is 0. The highest BCUT2D eigenvalue weighted by molar-refractivity contribution is 7.92. The topological polar surface area (TPSA) is 118 Å². The van der Waals surface area contributed by atoms with E-state index in [1.165, 1.54) is 24.3 Å². The zero-order valence-corrected chi connectivity index (χ0v) is 11.0. The predicted molar refractivity (Wildman–Crippen MR) is 66.3 cm³/mol. The van der Waals surface area contributed by atoms with Crippen molar-refractivity contribution in [3.05, 3.63) is 30.3 Å². The number of rotatable bonds is 3. The van der Waals surface area contributed by atoms with E-state index in [1.807, 2.05) is 0 Å². The summed E-state index contributed by atoms with van der Waals surface area (Å²) in [4.78, 5) is 33.9. The van der Waals surface area contributed by atoms with Crippen molar-refractivity contribution in [1.82, 2.24) is 5.32 Å². The van der Waals surface area contributed by atoms with Crippen molar-refractivity contribution in [1.29, 1.82) is 0 Å². The number of hydrogen-bond donors (Lipinski definition) is 2. The summed E-state index contributed by atoms with van der Waals surface area (Å²) < 4.78 is 24.6. The van der Waals surface area contributed by atoms with E-state index in [4.69, 9.17) is 5.11 Å². The van der Waals surface area contributed by atoms with Crippen LogP contribution in [0.4, 0.5) is 0 Å². The maximum absolute atomic E-state index is 12.3. The normalized spacial score (nSPS) is 23.2. The maximum Gasteiger partial charge on any atom is 0.316 e. The van der Waals surface area contributed by atoms with Crippen LogP contribution in [0.25, 0.3) is 0 Å². The Hall–Kier alpha value is -2.22. The van der Waals surface area contributed by atoms with Crippen LogP contribution in [0.5, 0.6) is 0 Å². The second-order valence-electron chi connectivity index (χ2n) is 4.33. The molecule has 8 heteroatoms. The molecule has 2 atom stereocenters. The Morgan fingerprint density at radius 2 is 1.75 bits per heavy atom. The molecular weight excluding hydrogens is 286 g/mol. The van der Waals surface area contributed by atoms with E-state index in [0.29, 0.717) is 0 Å². The van der Waals surface area contributed by atoms with Crippen molar-refractivity contribution in [3.63, 3.8) is 0 Å². The van der Waals surface area contributed by atoms with Gasteiger partial charge < -0.3 is 5.11 Å². The Kier molecular flexibility index (Phi) is 3.58. The number of benzene rings is 1. The van der Waals surface area contributed by atoms with E-state index in [0.717, 1.165) is 0 Å². The zero-order chi connectivity index (χ0) is 14.9. The first-order valence-corrected chi connectivity index (χ1v) is 7.25. The second-order valence-corrected chi connectivity index (χ2v) is 6.46. The van der Waals surface area contributed by atoms with Gasteiger partial charge in [-0.15, -0.1) is 0 Å². The summed E-state index contributed by atoms with van der Waals surface area (Å²) in [7, 11) is -4.03. The molecule has 0 bridgehead atoms. The lowest BCUT2D eigenvalue weighted by molar-refractivity contribution is -0.149. The van der Waals surface area contributed by atoms with Gasteiger partial charge in [-0.1, -0.05) is 18.2 Å². The van der Waals surface area contributed by atoms with E-state index in [-0.39, 0.29) is 4.90 Å². The Morgan fingerprint density at radius 3 is 2.30 bits per heavy atom. The fraction of sp³-hybridized carbons (Fsp3) is 0.250. The molecule has 7 nitrogen and oxygen atoms in total. The van der Waals surface area contributed by atoms with E-state index in [1.54, 1.807) is 11.4 Å². The third-order valence-corrected chi connectivity index (χ3v) is 5.13. The molecule has 20 heavy (non-hydrogen) atoms. The summed E-state index contributed by atoms with van der Waals surface area (Å²) in [6, 6.07) is 7.23. The van der Waals surface area contributed by atoms with Crippen LogP contribution in [-0.4, -0.2) is 36.6 Å². The van der Waals surface area contributed by atoms with Crippen molar-refractivity contribution < 1.29 is 27.9 Å². The molecule has 1 aliphatic rings. The number of carboxylic acids is 1. The molecule has 0 saturated carbocycles. The molecule has 2 rings (SSSR count). The average molecular weight is 297 g/mol. The molecule has 1 aromatic carbocycles. The Morgan fingerprint density at radius 1 is 1.15 bits per heavy atom. The first-order chi connectivity index (χ1) is 9.34. The number of carbonyl (C=O) groups is 3. The molecule has 1 aliphatic heterocycles. The summed E-state index contributed by atoms with van der Waals surface area (Å²) in [5.41, 5.74) is 0. The van der Waals surface area contributed by atoms with Gasteiger partial charge in [0.2, 0.25) is 11.8 Å². The summed E-state index contributed by atoms with van der Waals surface area (Å²) in [5.74, 6) is -4.97. The van der Waals surface area contributed by atoms with Gasteiger partial charge in [-0.05, 0) is 18.6 Å². The van der Waals surface area contributed by atoms with Crippen LogP contribution in [0.1, 0.15) is 6.42 Å². The number of sulfone groups is 1. The molecular formula is C12H11NO6S. The Balaban J connectivity index is 2.39. The van der Waals surface area contributed by atoms with Crippen LogP contribution in [0.2, 0.25) is 0 Å². The molecule has 0 aliphatic carbocycles. The van der Waals surface area contributed by atoms with E-state index in [9.17, 15) is 22.8 Å². The maximum atomic E-state index is 12.3. The lowest BCUT2D eigenvalue weighted by Crippen LogP contribution is -2.53. The van der Waals surface area contributed by atoms with Crippen molar-refractivity contribution in [2.24, 2.45) is 5.92 Å². The largest absolute Gasteiger partial charge is 0.481 e. The van der Waals surface area contributed by atoms with Crippen LogP contribution in [-0.2, 0) is 24.2 Å². The van der Waals surface area contributed by atoms with Crippen molar-refractivity contribution in [2.75, 3.05) is 0 Å². The molecule has 1 saturated heterocycles. The van der Waals surface area contributed by atoms with Crippen LogP contribution in [0.15, 0.2) is 35.2 Å². The highest BCUT2D eigenvalue weighted by atomic mass is 32.2. The number of amides is 2. The minimum atomic E-state index is -4.03. The van der Waals surface area contributed by atoms with Gasteiger partial charge in [0.05, 0.1) is 4.90 Å². The Labute approximate surface area is 114 Å². The van der Waals surface area contributed by atoms with Crippen LogP contribution < -0.4 is 5.32 Å². The zero-order valence-electron chi connectivity index (χ0n) is 10.1. The fourth-order valence-electron chi connectivity index (χ4n) is 1.97. The lowest BCUT2D eigenvalue weighted by atomic mass is 9.98. The molecule has 106 valence electrons. The van der Waals surface area contributed by atoms with Crippen molar-refractivity contribution in [2.45, 2.75) is 16.6 Å². The highest BCUT2D eigenvalue weighted by Gasteiger charge is 2.45. The minimum absolute atomic E-state index is 0.0846. The molecule has 1 heterocycles. The number of nitrogens with one attached hydrogen (secondary N) is 1. The molecule has 2 unspecified atom stereocenters. The van der Waals surface area contributed by atoms with Gasteiger partial charge in [-0.3, -0.25) is 19.7 Å². The van der Waals surface area contributed by atoms with Gasteiger partial charge in [0.25, 0.3) is 0 Å². The Bertz CT molecular complexity index is 666. The number of carboxylic acid groups (broad SMARTS) is 1. The van der Waals surface area contributed by atoms with Gasteiger partial charge in [0, 0.05) is 0 Å². The first-order valence-electron chi connectivity index (χ1n) is 5.70. The summed E-state index contributed by atoms with van der Waals surface area (Å²) in [5, 5.41) is 9.10. The second kappa shape index (κ2) is 5.04. The number of imide groups is 1. The minimum Gasteiger partial charge on any atom is -0.481 e. The smallest absolute Gasteiger partial charge is 0.316 e. The molecule has 1 aromatic rings. The molecule has 2 amide bonds. The monoisotopic (exact) mass is 297 g/mol. The fourth-order valence-corrected chi connectivity index (χ4v) is 3.62. The predicted octanol–water partition coefficient (Wildman–Crippen LogP) is -0.424. The summed E-state index contributed by atoms with van der Waals surface area (Å²) >= 11 is 0. The molecule has 0 radical (unpaired) electrons. The average Bonchev–Trinajstić information content (AvgIpc) is 2.39. The van der Waals surface area contributed by atoms with E-state index in [2.05, 4.69) is 0 Å². The van der Waals surface area contributed by atoms with Crippen molar-refractivity contribution in [3.8, 4) is 0 Å². The highest BCUT2D eigenvalue weighted by Crippen LogP contribution is 2.24. The lowest BCUT2D eigenvalue weighted by Gasteiger charge is -2.25. The van der Waals surface area contributed by atoms with Crippen molar-refractivity contribution >= 4 is 27.6 Å².